The lowest BCUT2D eigenvalue weighted by Crippen LogP contribution is -2.46. The summed E-state index contributed by atoms with van der Waals surface area (Å²) in [5, 5.41) is 21.6. The van der Waals surface area contributed by atoms with Gasteiger partial charge >= 0.3 is 6.09 Å². The van der Waals surface area contributed by atoms with Gasteiger partial charge in [0.15, 0.2) is 0 Å². The molecule has 0 bridgehead atoms. The van der Waals surface area contributed by atoms with Gasteiger partial charge in [0.05, 0.1) is 6.04 Å². The van der Waals surface area contributed by atoms with Crippen LogP contribution < -0.4 is 5.32 Å². The summed E-state index contributed by atoms with van der Waals surface area (Å²) in [5.41, 5.74) is 0.851. The normalized spacial score (nSPS) is 14.7. The van der Waals surface area contributed by atoms with Crippen LogP contribution in [0.5, 0.6) is 0 Å². The number of amides is 1. The first-order chi connectivity index (χ1) is 9.58. The molecule has 5 nitrogen and oxygen atoms in total. The molecule has 0 saturated carbocycles. The Balaban J connectivity index is 2.47. The number of rotatable bonds is 7. The first-order valence-corrected chi connectivity index (χ1v) is 6.17. The van der Waals surface area contributed by atoms with Crippen LogP contribution in [0.4, 0.5) is 4.79 Å². The average Bonchev–Trinajstić information content (AvgIpc) is 2.50. The van der Waals surface area contributed by atoms with Crippen LogP contribution in [0.15, 0.2) is 55.6 Å². The summed E-state index contributed by atoms with van der Waals surface area (Å²) in [7, 11) is 0. The fourth-order valence-corrected chi connectivity index (χ4v) is 1.54. The van der Waals surface area contributed by atoms with E-state index in [4.69, 9.17) is 4.74 Å². The number of carbonyl (C=O) groups is 1. The molecule has 108 valence electrons. The second kappa shape index (κ2) is 8.14. The highest BCUT2D eigenvalue weighted by Crippen LogP contribution is 2.04. The van der Waals surface area contributed by atoms with Gasteiger partial charge in [-0.05, 0) is 5.56 Å². The van der Waals surface area contributed by atoms with Gasteiger partial charge in [-0.3, -0.25) is 0 Å². The van der Waals surface area contributed by atoms with Crippen molar-refractivity contribution in [2.45, 2.75) is 24.9 Å². The van der Waals surface area contributed by atoms with E-state index < -0.39 is 24.3 Å². The summed E-state index contributed by atoms with van der Waals surface area (Å²) in [5.74, 6) is 0. The van der Waals surface area contributed by atoms with E-state index in [0.29, 0.717) is 0 Å². The Morgan fingerprint density at radius 3 is 2.45 bits per heavy atom. The molecule has 0 heterocycles. The van der Waals surface area contributed by atoms with Crippen LogP contribution in [0.2, 0.25) is 0 Å². The first-order valence-electron chi connectivity index (χ1n) is 6.17. The van der Waals surface area contributed by atoms with Gasteiger partial charge in [-0.2, -0.15) is 0 Å². The number of ether oxygens (including phenoxy) is 1. The molecule has 20 heavy (non-hydrogen) atoms. The van der Waals surface area contributed by atoms with Crippen molar-refractivity contribution >= 4 is 6.09 Å². The molecule has 0 aromatic heterocycles. The Morgan fingerprint density at radius 2 is 1.90 bits per heavy atom. The summed E-state index contributed by atoms with van der Waals surface area (Å²) in [6.45, 7) is 6.98. The van der Waals surface area contributed by atoms with Crippen molar-refractivity contribution < 1.29 is 19.7 Å². The van der Waals surface area contributed by atoms with Gasteiger partial charge < -0.3 is 20.3 Å². The topological polar surface area (TPSA) is 78.8 Å². The van der Waals surface area contributed by atoms with E-state index in [0.717, 1.165) is 5.56 Å². The summed E-state index contributed by atoms with van der Waals surface area (Å²) >= 11 is 0. The van der Waals surface area contributed by atoms with E-state index in [1.165, 1.54) is 12.2 Å². The van der Waals surface area contributed by atoms with E-state index in [9.17, 15) is 15.0 Å². The van der Waals surface area contributed by atoms with Crippen LogP contribution in [0.1, 0.15) is 5.56 Å². The van der Waals surface area contributed by atoms with Gasteiger partial charge in [0, 0.05) is 0 Å². The number of hydrogen-bond donors (Lipinski definition) is 3. The van der Waals surface area contributed by atoms with E-state index >= 15 is 0 Å². The Bertz CT molecular complexity index is 446. The van der Waals surface area contributed by atoms with Crippen LogP contribution >= 0.6 is 0 Å². The zero-order valence-electron chi connectivity index (χ0n) is 11.1. The Kier molecular flexibility index (Phi) is 6.49. The zero-order valence-corrected chi connectivity index (χ0v) is 11.1. The van der Waals surface area contributed by atoms with Gasteiger partial charge in [0.25, 0.3) is 0 Å². The molecule has 0 fully saturated rings. The molecule has 5 heteroatoms. The third-order valence-corrected chi connectivity index (χ3v) is 2.71. The number of aliphatic hydroxyl groups is 2. The molecule has 3 N–H and O–H groups in total. The maximum Gasteiger partial charge on any atom is 0.408 e. The molecule has 0 aliphatic carbocycles. The van der Waals surface area contributed by atoms with Crippen molar-refractivity contribution in [2.75, 3.05) is 0 Å². The number of carbonyl (C=O) groups excluding carboxylic acids is 1. The molecular weight excluding hydrogens is 258 g/mol. The molecule has 0 saturated heterocycles. The van der Waals surface area contributed by atoms with E-state index in [1.54, 1.807) is 0 Å². The third-order valence-electron chi connectivity index (χ3n) is 2.71. The number of nitrogens with one attached hydrogen (secondary N) is 1. The van der Waals surface area contributed by atoms with Crippen LogP contribution in [-0.4, -0.2) is 34.6 Å². The molecule has 0 radical (unpaired) electrons. The quantitative estimate of drug-likeness (QED) is 0.658. The lowest BCUT2D eigenvalue weighted by molar-refractivity contribution is 0.0314. The number of aliphatic hydroxyl groups excluding tert-OH is 2. The zero-order chi connectivity index (χ0) is 15.0. The van der Waals surface area contributed by atoms with Crippen LogP contribution in [0, 0.1) is 0 Å². The molecule has 0 unspecified atom stereocenters. The molecule has 1 aromatic rings. The minimum absolute atomic E-state index is 0.122. The highest BCUT2D eigenvalue weighted by Gasteiger charge is 2.24. The second-order valence-electron chi connectivity index (χ2n) is 4.18. The Hall–Kier alpha value is -2.11. The summed E-state index contributed by atoms with van der Waals surface area (Å²) in [6, 6.07) is 8.38. The molecule has 1 rings (SSSR count). The molecule has 3 atom stereocenters. The SMILES string of the molecule is C=C[C@H](NC(=O)OCc1ccccc1)[C@H](O)[C@@H](O)C=C. The van der Waals surface area contributed by atoms with Gasteiger partial charge in [-0.1, -0.05) is 42.5 Å². The molecule has 0 aliphatic rings. The minimum atomic E-state index is -1.23. The predicted molar refractivity (Wildman–Crippen MR) is 76.0 cm³/mol. The Labute approximate surface area is 118 Å². The maximum absolute atomic E-state index is 11.6. The van der Waals surface area contributed by atoms with Crippen LogP contribution in [-0.2, 0) is 11.3 Å². The van der Waals surface area contributed by atoms with Crippen molar-refractivity contribution in [3.05, 3.63) is 61.2 Å². The van der Waals surface area contributed by atoms with Crippen LogP contribution in [0.3, 0.4) is 0 Å². The van der Waals surface area contributed by atoms with Gasteiger partial charge in [0.1, 0.15) is 18.8 Å². The van der Waals surface area contributed by atoms with Crippen molar-refractivity contribution in [3.8, 4) is 0 Å². The molecule has 0 spiro atoms. The standard InChI is InChI=1S/C15H19NO4/c1-3-12(14(18)13(17)4-2)16-15(19)20-10-11-8-6-5-7-9-11/h3-9,12-14,17-18H,1-2,10H2,(H,16,19)/t12-,13-,14-/m0/s1. The second-order valence-corrected chi connectivity index (χ2v) is 4.18. The molecule has 0 aliphatic heterocycles. The highest BCUT2D eigenvalue weighted by atomic mass is 16.5. The number of alkyl carbamates (subject to hydrolysis) is 1. The lowest BCUT2D eigenvalue weighted by Gasteiger charge is -2.23. The number of benzene rings is 1. The summed E-state index contributed by atoms with van der Waals surface area (Å²) in [4.78, 5) is 11.6. The van der Waals surface area contributed by atoms with Gasteiger partial charge in [-0.25, -0.2) is 4.79 Å². The Morgan fingerprint density at radius 1 is 1.25 bits per heavy atom. The van der Waals surface area contributed by atoms with Crippen molar-refractivity contribution in [2.24, 2.45) is 0 Å². The van der Waals surface area contributed by atoms with E-state index in [-0.39, 0.29) is 6.61 Å². The van der Waals surface area contributed by atoms with Gasteiger partial charge in [0.2, 0.25) is 0 Å². The largest absolute Gasteiger partial charge is 0.445 e. The van der Waals surface area contributed by atoms with E-state index in [1.807, 2.05) is 30.3 Å². The third kappa shape index (κ3) is 4.87. The molecular formula is C15H19NO4. The number of hydrogen-bond acceptors (Lipinski definition) is 4. The van der Waals surface area contributed by atoms with Crippen molar-refractivity contribution in [1.29, 1.82) is 0 Å². The lowest BCUT2D eigenvalue weighted by atomic mass is 10.1. The average molecular weight is 277 g/mol. The predicted octanol–water partition coefficient (Wildman–Crippen LogP) is 1.38. The summed E-state index contributed by atoms with van der Waals surface area (Å²) < 4.78 is 5.01. The maximum atomic E-state index is 11.6. The van der Waals surface area contributed by atoms with Crippen molar-refractivity contribution in [1.82, 2.24) is 5.32 Å². The fourth-order valence-electron chi connectivity index (χ4n) is 1.54. The highest BCUT2D eigenvalue weighted by molar-refractivity contribution is 5.68. The molecule has 1 aromatic carbocycles. The van der Waals surface area contributed by atoms with Crippen molar-refractivity contribution in [3.63, 3.8) is 0 Å². The fraction of sp³-hybridized carbons (Fsp3) is 0.267. The first kappa shape index (κ1) is 15.9. The smallest absolute Gasteiger partial charge is 0.408 e. The molecule has 1 amide bonds. The summed E-state index contributed by atoms with van der Waals surface area (Å²) in [6.07, 6.45) is -0.588. The van der Waals surface area contributed by atoms with Crippen LogP contribution in [0.25, 0.3) is 0 Å². The van der Waals surface area contributed by atoms with Gasteiger partial charge in [-0.15, -0.1) is 13.2 Å². The van der Waals surface area contributed by atoms with E-state index in [2.05, 4.69) is 18.5 Å². The monoisotopic (exact) mass is 277 g/mol. The minimum Gasteiger partial charge on any atom is -0.445 e.